The van der Waals surface area contributed by atoms with Crippen molar-refractivity contribution in [3.05, 3.63) is 46.5 Å². The van der Waals surface area contributed by atoms with Crippen LogP contribution in [-0.4, -0.2) is 10.8 Å². The van der Waals surface area contributed by atoms with Crippen LogP contribution >= 0.6 is 0 Å². The summed E-state index contributed by atoms with van der Waals surface area (Å²) in [6.45, 7) is 0. The zero-order valence-corrected chi connectivity index (χ0v) is 9.83. The average Bonchev–Trinajstić information content (AvgIpc) is 2.40. The van der Waals surface area contributed by atoms with Crippen LogP contribution in [0.1, 0.15) is 19.3 Å². The number of nitro benzene ring substituents is 1. The molecule has 1 atom stereocenters. The Morgan fingerprint density at radius 3 is 2.56 bits per heavy atom. The third kappa shape index (κ3) is 2.94. The maximum atomic E-state index is 11.9. The van der Waals surface area contributed by atoms with Crippen LogP contribution in [0.5, 0.6) is 0 Å². The number of carbonyl (C=O) groups is 1. The van der Waals surface area contributed by atoms with Gasteiger partial charge in [-0.15, -0.1) is 0 Å². The lowest BCUT2D eigenvalue weighted by Crippen LogP contribution is -2.23. The number of nitro groups is 1. The van der Waals surface area contributed by atoms with Gasteiger partial charge < -0.3 is 5.32 Å². The van der Waals surface area contributed by atoms with Crippen LogP contribution in [0.3, 0.4) is 0 Å². The third-order valence-electron chi connectivity index (χ3n) is 2.99. The first kappa shape index (κ1) is 12.3. The van der Waals surface area contributed by atoms with E-state index >= 15 is 0 Å². The van der Waals surface area contributed by atoms with Gasteiger partial charge in [-0.2, -0.15) is 0 Å². The van der Waals surface area contributed by atoms with Crippen molar-refractivity contribution in [2.75, 3.05) is 5.32 Å². The first-order chi connectivity index (χ1) is 8.66. The molecule has 1 aromatic carbocycles. The lowest BCUT2D eigenvalue weighted by Gasteiger charge is -2.17. The van der Waals surface area contributed by atoms with Crippen molar-refractivity contribution in [1.29, 1.82) is 0 Å². The summed E-state index contributed by atoms with van der Waals surface area (Å²) in [5.74, 6) is -0.0154. The first-order valence-electron chi connectivity index (χ1n) is 5.87. The zero-order valence-electron chi connectivity index (χ0n) is 9.83. The Bertz CT molecular complexity index is 480. The van der Waals surface area contributed by atoms with Gasteiger partial charge in [-0.1, -0.05) is 12.2 Å². The molecule has 5 heteroatoms. The molecule has 0 aliphatic heterocycles. The fourth-order valence-electron chi connectivity index (χ4n) is 1.94. The number of nitrogens with one attached hydrogen (secondary N) is 1. The monoisotopic (exact) mass is 246 g/mol. The van der Waals surface area contributed by atoms with Gasteiger partial charge in [-0.25, -0.2) is 0 Å². The number of benzene rings is 1. The van der Waals surface area contributed by atoms with Crippen molar-refractivity contribution >= 4 is 17.3 Å². The van der Waals surface area contributed by atoms with Gasteiger partial charge in [0, 0.05) is 23.7 Å². The van der Waals surface area contributed by atoms with Gasteiger partial charge >= 0.3 is 0 Å². The second-order valence-corrected chi connectivity index (χ2v) is 4.27. The maximum Gasteiger partial charge on any atom is 0.269 e. The van der Waals surface area contributed by atoms with Gasteiger partial charge in [-0.3, -0.25) is 14.9 Å². The van der Waals surface area contributed by atoms with Crippen LogP contribution in [0.15, 0.2) is 36.4 Å². The molecule has 0 saturated carbocycles. The van der Waals surface area contributed by atoms with E-state index < -0.39 is 4.92 Å². The van der Waals surface area contributed by atoms with E-state index in [1.165, 1.54) is 12.1 Å². The van der Waals surface area contributed by atoms with E-state index in [9.17, 15) is 14.9 Å². The molecule has 0 aromatic heterocycles. The highest BCUT2D eigenvalue weighted by Crippen LogP contribution is 2.21. The summed E-state index contributed by atoms with van der Waals surface area (Å²) in [6.07, 6.45) is 6.64. The molecular weight excluding hydrogens is 232 g/mol. The van der Waals surface area contributed by atoms with E-state index in [4.69, 9.17) is 0 Å². The van der Waals surface area contributed by atoms with Crippen molar-refractivity contribution in [2.45, 2.75) is 19.3 Å². The van der Waals surface area contributed by atoms with Gasteiger partial charge in [0.1, 0.15) is 0 Å². The minimum Gasteiger partial charge on any atom is -0.326 e. The van der Waals surface area contributed by atoms with Gasteiger partial charge in [0.05, 0.1) is 4.92 Å². The summed E-state index contributed by atoms with van der Waals surface area (Å²) >= 11 is 0. The van der Waals surface area contributed by atoms with Crippen molar-refractivity contribution in [3.63, 3.8) is 0 Å². The number of anilines is 1. The average molecular weight is 246 g/mol. The van der Waals surface area contributed by atoms with E-state index in [2.05, 4.69) is 11.4 Å². The predicted octanol–water partition coefficient (Wildman–Crippen LogP) is 2.89. The van der Waals surface area contributed by atoms with E-state index in [1.807, 2.05) is 6.08 Å². The summed E-state index contributed by atoms with van der Waals surface area (Å²) in [5, 5.41) is 13.3. The second kappa shape index (κ2) is 5.44. The molecule has 0 fully saturated rings. The third-order valence-corrected chi connectivity index (χ3v) is 2.99. The lowest BCUT2D eigenvalue weighted by molar-refractivity contribution is -0.384. The number of amides is 1. The number of hydrogen-bond acceptors (Lipinski definition) is 3. The molecule has 0 spiro atoms. The number of rotatable bonds is 3. The Morgan fingerprint density at radius 1 is 1.28 bits per heavy atom. The molecule has 0 heterocycles. The van der Waals surface area contributed by atoms with Gasteiger partial charge in [0.25, 0.3) is 5.69 Å². The standard InChI is InChI=1S/C13H14N2O3/c16-13(10-4-2-1-3-5-10)14-11-6-8-12(9-7-11)15(17)18/h1-2,6-10H,3-5H2,(H,14,16). The molecule has 0 radical (unpaired) electrons. The highest BCUT2D eigenvalue weighted by atomic mass is 16.6. The molecule has 1 aliphatic carbocycles. The van der Waals surface area contributed by atoms with Gasteiger partial charge in [0.15, 0.2) is 0 Å². The van der Waals surface area contributed by atoms with Crippen LogP contribution < -0.4 is 5.32 Å². The van der Waals surface area contributed by atoms with E-state index in [1.54, 1.807) is 12.1 Å². The molecule has 1 aromatic rings. The Balaban J connectivity index is 1.98. The van der Waals surface area contributed by atoms with Crippen molar-refractivity contribution in [2.24, 2.45) is 5.92 Å². The number of nitrogens with zero attached hydrogens (tertiary/aromatic N) is 1. The molecule has 1 aliphatic rings. The van der Waals surface area contributed by atoms with E-state index in [-0.39, 0.29) is 17.5 Å². The molecule has 18 heavy (non-hydrogen) atoms. The normalized spacial score (nSPS) is 18.3. The summed E-state index contributed by atoms with van der Waals surface area (Å²) < 4.78 is 0. The van der Waals surface area contributed by atoms with Gasteiger partial charge in [0.2, 0.25) is 5.91 Å². The predicted molar refractivity (Wildman–Crippen MR) is 68.2 cm³/mol. The van der Waals surface area contributed by atoms with Crippen molar-refractivity contribution in [1.82, 2.24) is 0 Å². The minimum absolute atomic E-state index is 0.00481. The number of allylic oxidation sites excluding steroid dienone is 2. The summed E-state index contributed by atoms with van der Waals surface area (Å²) in [5.41, 5.74) is 0.619. The molecule has 5 nitrogen and oxygen atoms in total. The molecule has 94 valence electrons. The Labute approximate surface area is 105 Å². The highest BCUT2D eigenvalue weighted by molar-refractivity contribution is 5.92. The van der Waals surface area contributed by atoms with Gasteiger partial charge in [-0.05, 0) is 31.4 Å². The summed E-state index contributed by atoms with van der Waals surface area (Å²) in [7, 11) is 0. The molecule has 2 rings (SSSR count). The quantitative estimate of drug-likeness (QED) is 0.506. The highest BCUT2D eigenvalue weighted by Gasteiger charge is 2.18. The zero-order chi connectivity index (χ0) is 13.0. The fraction of sp³-hybridized carbons (Fsp3) is 0.308. The number of hydrogen-bond donors (Lipinski definition) is 1. The van der Waals surface area contributed by atoms with Crippen LogP contribution in [0.2, 0.25) is 0 Å². The van der Waals surface area contributed by atoms with Crippen molar-refractivity contribution in [3.8, 4) is 0 Å². The maximum absolute atomic E-state index is 11.9. The topological polar surface area (TPSA) is 72.2 Å². The summed E-state index contributed by atoms with van der Waals surface area (Å²) in [6, 6.07) is 5.87. The molecule has 0 bridgehead atoms. The lowest BCUT2D eigenvalue weighted by atomic mass is 9.93. The Kier molecular flexibility index (Phi) is 3.72. The van der Waals surface area contributed by atoms with E-state index in [0.29, 0.717) is 5.69 Å². The molecule has 1 N–H and O–H groups in total. The second-order valence-electron chi connectivity index (χ2n) is 4.27. The Hall–Kier alpha value is -2.17. The summed E-state index contributed by atoms with van der Waals surface area (Å²) in [4.78, 5) is 21.9. The number of non-ortho nitro benzene ring substituents is 1. The molecule has 1 unspecified atom stereocenters. The Morgan fingerprint density at radius 2 is 2.00 bits per heavy atom. The number of carbonyl (C=O) groups excluding carboxylic acids is 1. The SMILES string of the molecule is O=C(Nc1ccc([N+](=O)[O-])cc1)C1CC=CCC1. The van der Waals surface area contributed by atoms with Crippen molar-refractivity contribution < 1.29 is 9.72 Å². The molecular formula is C13H14N2O3. The van der Waals surface area contributed by atoms with Crippen LogP contribution in [0.4, 0.5) is 11.4 Å². The fourth-order valence-corrected chi connectivity index (χ4v) is 1.94. The molecule has 0 saturated heterocycles. The largest absolute Gasteiger partial charge is 0.326 e. The van der Waals surface area contributed by atoms with Crippen LogP contribution in [0, 0.1) is 16.0 Å². The smallest absolute Gasteiger partial charge is 0.269 e. The first-order valence-corrected chi connectivity index (χ1v) is 5.87. The van der Waals surface area contributed by atoms with Crippen LogP contribution in [0.25, 0.3) is 0 Å². The minimum atomic E-state index is -0.461. The molecule has 1 amide bonds. The van der Waals surface area contributed by atoms with Crippen LogP contribution in [-0.2, 0) is 4.79 Å². The van der Waals surface area contributed by atoms with E-state index in [0.717, 1.165) is 19.3 Å².